The van der Waals surface area contributed by atoms with Crippen molar-refractivity contribution in [2.24, 2.45) is 0 Å². The SMILES string of the molecule is Cc1c(Cl)cnn1CC(C)(NC(=O)OCC1c2ccccc2-c2ccccc21)C(=O)O. The van der Waals surface area contributed by atoms with Gasteiger partial charge in [-0.25, -0.2) is 9.59 Å². The number of amides is 1. The van der Waals surface area contributed by atoms with Crippen LogP contribution in [-0.4, -0.2) is 39.1 Å². The Bertz CT molecular complexity index is 1110. The number of nitrogens with zero attached hydrogens (tertiary/aromatic N) is 2. The zero-order valence-electron chi connectivity index (χ0n) is 17.1. The minimum atomic E-state index is -1.62. The summed E-state index contributed by atoms with van der Waals surface area (Å²) in [6, 6.07) is 16.0. The fourth-order valence-electron chi connectivity index (χ4n) is 3.90. The monoisotopic (exact) mass is 439 g/mol. The van der Waals surface area contributed by atoms with E-state index < -0.39 is 17.6 Å². The van der Waals surface area contributed by atoms with Gasteiger partial charge in [0.1, 0.15) is 6.61 Å². The van der Waals surface area contributed by atoms with Gasteiger partial charge in [0.2, 0.25) is 0 Å². The molecular weight excluding hydrogens is 418 g/mol. The number of benzene rings is 2. The third-order valence-corrected chi connectivity index (χ3v) is 6.07. The lowest BCUT2D eigenvalue weighted by Crippen LogP contribution is -2.55. The molecule has 0 spiro atoms. The summed E-state index contributed by atoms with van der Waals surface area (Å²) in [7, 11) is 0. The molecule has 8 heteroatoms. The average Bonchev–Trinajstić information content (AvgIpc) is 3.24. The van der Waals surface area contributed by atoms with Gasteiger partial charge in [-0.3, -0.25) is 4.68 Å². The summed E-state index contributed by atoms with van der Waals surface area (Å²) in [6.07, 6.45) is 0.634. The van der Waals surface area contributed by atoms with Crippen molar-refractivity contribution in [1.82, 2.24) is 15.1 Å². The Balaban J connectivity index is 1.48. The van der Waals surface area contributed by atoms with Crippen LogP contribution in [0.15, 0.2) is 54.7 Å². The predicted molar refractivity (Wildman–Crippen MR) is 116 cm³/mol. The zero-order chi connectivity index (χ0) is 22.2. The summed E-state index contributed by atoms with van der Waals surface area (Å²) in [5.74, 6) is -1.31. The number of aromatic nitrogens is 2. The summed E-state index contributed by atoms with van der Waals surface area (Å²) < 4.78 is 6.93. The first-order chi connectivity index (χ1) is 14.8. The molecule has 0 fully saturated rings. The molecule has 1 atom stereocenters. The Kier molecular flexibility index (Phi) is 5.45. The normalized spacial score (nSPS) is 14.4. The highest BCUT2D eigenvalue weighted by molar-refractivity contribution is 6.31. The number of alkyl carbamates (subject to hydrolysis) is 1. The van der Waals surface area contributed by atoms with Crippen molar-refractivity contribution < 1.29 is 19.4 Å². The second-order valence-corrected chi connectivity index (χ2v) is 8.23. The molecule has 0 bridgehead atoms. The first kappa shape index (κ1) is 20.9. The Labute approximate surface area is 184 Å². The van der Waals surface area contributed by atoms with E-state index in [4.69, 9.17) is 16.3 Å². The van der Waals surface area contributed by atoms with Gasteiger partial charge in [0.05, 0.1) is 23.5 Å². The maximum atomic E-state index is 12.6. The number of rotatable bonds is 6. The lowest BCUT2D eigenvalue weighted by Gasteiger charge is -2.26. The van der Waals surface area contributed by atoms with Gasteiger partial charge in [-0.05, 0) is 36.1 Å². The molecule has 2 aromatic carbocycles. The van der Waals surface area contributed by atoms with Crippen LogP contribution >= 0.6 is 11.6 Å². The van der Waals surface area contributed by atoms with Crippen LogP contribution in [-0.2, 0) is 16.1 Å². The van der Waals surface area contributed by atoms with Crippen LogP contribution in [0.4, 0.5) is 4.79 Å². The fourth-order valence-corrected chi connectivity index (χ4v) is 4.04. The highest BCUT2D eigenvalue weighted by atomic mass is 35.5. The maximum Gasteiger partial charge on any atom is 0.408 e. The summed E-state index contributed by atoms with van der Waals surface area (Å²) in [4.78, 5) is 24.5. The minimum absolute atomic E-state index is 0.0922. The van der Waals surface area contributed by atoms with Gasteiger partial charge in [-0.1, -0.05) is 60.1 Å². The Hall–Kier alpha value is -3.32. The zero-order valence-corrected chi connectivity index (χ0v) is 17.9. The average molecular weight is 440 g/mol. The lowest BCUT2D eigenvalue weighted by atomic mass is 9.98. The van der Waals surface area contributed by atoms with E-state index in [9.17, 15) is 14.7 Å². The van der Waals surface area contributed by atoms with Gasteiger partial charge in [-0.2, -0.15) is 5.10 Å². The number of fused-ring (bicyclic) bond motifs is 3. The lowest BCUT2D eigenvalue weighted by molar-refractivity contribution is -0.144. The van der Waals surface area contributed by atoms with Crippen molar-refractivity contribution in [3.8, 4) is 11.1 Å². The van der Waals surface area contributed by atoms with Crippen molar-refractivity contribution >= 4 is 23.7 Å². The number of carboxylic acids is 1. The van der Waals surface area contributed by atoms with E-state index in [0.717, 1.165) is 22.3 Å². The molecule has 0 saturated heterocycles. The second-order valence-electron chi connectivity index (χ2n) is 7.82. The highest BCUT2D eigenvalue weighted by Crippen LogP contribution is 2.44. The molecule has 1 amide bonds. The van der Waals surface area contributed by atoms with Gasteiger partial charge in [0.25, 0.3) is 0 Å². The Morgan fingerprint density at radius 3 is 2.26 bits per heavy atom. The molecule has 1 unspecified atom stereocenters. The van der Waals surface area contributed by atoms with E-state index in [2.05, 4.69) is 10.4 Å². The van der Waals surface area contributed by atoms with Crippen LogP contribution in [0.5, 0.6) is 0 Å². The molecule has 2 N–H and O–H groups in total. The predicted octanol–water partition coefficient (Wildman–Crippen LogP) is 4.23. The van der Waals surface area contributed by atoms with E-state index in [-0.39, 0.29) is 19.1 Å². The quantitative estimate of drug-likeness (QED) is 0.599. The first-order valence-electron chi connectivity index (χ1n) is 9.84. The Morgan fingerprint density at radius 1 is 1.16 bits per heavy atom. The van der Waals surface area contributed by atoms with Crippen molar-refractivity contribution in [1.29, 1.82) is 0 Å². The van der Waals surface area contributed by atoms with Gasteiger partial charge >= 0.3 is 12.1 Å². The summed E-state index contributed by atoms with van der Waals surface area (Å²) in [5.41, 5.74) is 3.40. The smallest absolute Gasteiger partial charge is 0.408 e. The van der Waals surface area contributed by atoms with Crippen molar-refractivity contribution in [3.63, 3.8) is 0 Å². The highest BCUT2D eigenvalue weighted by Gasteiger charge is 2.37. The molecule has 1 aromatic heterocycles. The number of ether oxygens (including phenoxy) is 1. The number of carbonyl (C=O) groups is 2. The molecule has 160 valence electrons. The number of aliphatic carboxylic acids is 1. The molecule has 1 aliphatic rings. The van der Waals surface area contributed by atoms with Gasteiger partial charge in [-0.15, -0.1) is 0 Å². The second kappa shape index (κ2) is 8.07. The number of hydrogen-bond acceptors (Lipinski definition) is 4. The molecule has 0 aliphatic heterocycles. The number of carbonyl (C=O) groups excluding carboxylic acids is 1. The Morgan fingerprint density at radius 2 is 1.74 bits per heavy atom. The van der Waals surface area contributed by atoms with E-state index in [1.807, 2.05) is 48.5 Å². The number of hydrogen-bond donors (Lipinski definition) is 2. The third kappa shape index (κ3) is 3.88. The van der Waals surface area contributed by atoms with Crippen LogP contribution in [0.2, 0.25) is 5.02 Å². The third-order valence-electron chi connectivity index (χ3n) is 5.70. The number of carboxylic acid groups (broad SMARTS) is 1. The topological polar surface area (TPSA) is 93.5 Å². The molecule has 31 heavy (non-hydrogen) atoms. The number of nitrogens with one attached hydrogen (secondary N) is 1. The standard InChI is InChI=1S/C23H22ClN3O4/c1-14-20(24)11-25-27(14)13-23(2,21(28)29)26-22(30)31-12-19-17-9-5-3-7-15(17)16-8-4-6-10-18(16)19/h3-11,19H,12-13H2,1-2H3,(H,26,30)(H,28,29). The van der Waals surface area contributed by atoms with Crippen molar-refractivity contribution in [2.75, 3.05) is 6.61 Å². The fraction of sp³-hybridized carbons (Fsp3) is 0.261. The van der Waals surface area contributed by atoms with E-state index in [1.165, 1.54) is 17.8 Å². The summed E-state index contributed by atoms with van der Waals surface area (Å²) >= 11 is 6.01. The van der Waals surface area contributed by atoms with Gasteiger partial charge in [0, 0.05) is 5.92 Å². The molecule has 0 saturated carbocycles. The van der Waals surface area contributed by atoms with Crippen LogP contribution in [0.3, 0.4) is 0 Å². The van der Waals surface area contributed by atoms with E-state index in [0.29, 0.717) is 10.7 Å². The number of halogens is 1. The van der Waals surface area contributed by atoms with E-state index in [1.54, 1.807) is 6.92 Å². The van der Waals surface area contributed by atoms with Crippen LogP contribution in [0.1, 0.15) is 29.7 Å². The van der Waals surface area contributed by atoms with Gasteiger partial charge < -0.3 is 15.2 Å². The molecule has 1 heterocycles. The molecule has 4 rings (SSSR count). The summed E-state index contributed by atoms with van der Waals surface area (Å²) in [6.45, 7) is 3.14. The van der Waals surface area contributed by atoms with Crippen LogP contribution in [0.25, 0.3) is 11.1 Å². The molecular formula is C23H22ClN3O4. The largest absolute Gasteiger partial charge is 0.479 e. The molecule has 0 radical (unpaired) electrons. The van der Waals surface area contributed by atoms with E-state index >= 15 is 0 Å². The minimum Gasteiger partial charge on any atom is -0.479 e. The van der Waals surface area contributed by atoms with Crippen LogP contribution in [0, 0.1) is 6.92 Å². The summed E-state index contributed by atoms with van der Waals surface area (Å²) in [5, 5.41) is 16.7. The van der Waals surface area contributed by atoms with Gasteiger partial charge in [0.15, 0.2) is 5.54 Å². The molecule has 3 aromatic rings. The maximum absolute atomic E-state index is 12.6. The molecule has 7 nitrogen and oxygen atoms in total. The van der Waals surface area contributed by atoms with Crippen molar-refractivity contribution in [3.05, 3.63) is 76.6 Å². The first-order valence-corrected chi connectivity index (χ1v) is 10.2. The molecule has 1 aliphatic carbocycles. The van der Waals surface area contributed by atoms with Crippen LogP contribution < -0.4 is 5.32 Å². The van der Waals surface area contributed by atoms with Crippen molar-refractivity contribution in [2.45, 2.75) is 31.8 Å².